The third-order valence-corrected chi connectivity index (χ3v) is 0.604. The molecule has 0 nitrogen and oxygen atoms in total. The van der Waals surface area contributed by atoms with Crippen LogP contribution in [0, 0.1) is 0 Å². The van der Waals surface area contributed by atoms with E-state index in [0.717, 1.165) is 5.57 Å². The summed E-state index contributed by atoms with van der Waals surface area (Å²) < 4.78 is 0. The Kier molecular flexibility index (Phi) is 3.40. The van der Waals surface area contributed by atoms with Gasteiger partial charge in [-0.25, -0.2) is 0 Å². The van der Waals surface area contributed by atoms with Crippen LogP contribution < -0.4 is 0 Å². The molecule has 0 atom stereocenters. The van der Waals surface area contributed by atoms with Crippen LogP contribution in [0.4, 0.5) is 0 Å². The molecule has 0 heteroatoms. The third kappa shape index (κ3) is 3.03. The summed E-state index contributed by atoms with van der Waals surface area (Å²) >= 11 is 0. The van der Waals surface area contributed by atoms with Crippen LogP contribution in [0.1, 0.15) is 6.92 Å². The Morgan fingerprint density at radius 2 is 2.12 bits per heavy atom. The van der Waals surface area contributed by atoms with Gasteiger partial charge in [0.2, 0.25) is 0 Å². The molecule has 40 valence electrons. The van der Waals surface area contributed by atoms with Crippen molar-refractivity contribution in [1.29, 1.82) is 0 Å². The zero-order valence-corrected chi connectivity index (χ0v) is 4.99. The van der Waals surface area contributed by atoms with Gasteiger partial charge in [0.05, 0.1) is 0 Å². The average molecular weight is 104 g/mol. The molecule has 0 unspecified atom stereocenters. The minimum atomic E-state index is 0.940. The second kappa shape index (κ2) is 3.99. The van der Waals surface area contributed by atoms with Crippen molar-refractivity contribution < 1.29 is 0 Å². The van der Waals surface area contributed by atoms with Gasteiger partial charge in [0.1, 0.15) is 0 Å². The maximum absolute atomic E-state index is 3.39. The zero-order valence-electron chi connectivity index (χ0n) is 4.99. The van der Waals surface area contributed by atoms with Gasteiger partial charge in [-0.3, -0.25) is 0 Å². The Bertz CT molecular complexity index is 190. The first-order chi connectivity index (χ1) is 3.81. The second-order valence-electron chi connectivity index (χ2n) is 1.33. The topological polar surface area (TPSA) is 0 Å². The monoisotopic (exact) mass is 104 g/mol. The van der Waals surface area contributed by atoms with Crippen molar-refractivity contribution in [2.75, 3.05) is 0 Å². The summed E-state index contributed by atoms with van der Waals surface area (Å²) in [6.45, 7) is 8.64. The van der Waals surface area contributed by atoms with Gasteiger partial charge in [-0.05, 0) is 19.6 Å². The number of hydrogen-bond donors (Lipinski definition) is 0. The highest BCUT2D eigenvalue weighted by molar-refractivity contribution is 5.12. The van der Waals surface area contributed by atoms with E-state index in [9.17, 15) is 0 Å². The lowest BCUT2D eigenvalue weighted by Gasteiger charge is -1.72. The fourth-order valence-electron chi connectivity index (χ4n) is 0.329. The molecule has 0 aliphatic carbocycles. The highest BCUT2D eigenvalue weighted by Crippen LogP contribution is 1.86. The van der Waals surface area contributed by atoms with Gasteiger partial charge < -0.3 is 0 Å². The zero-order chi connectivity index (χ0) is 6.41. The van der Waals surface area contributed by atoms with E-state index in [1.165, 1.54) is 0 Å². The molecule has 0 saturated heterocycles. The van der Waals surface area contributed by atoms with E-state index in [4.69, 9.17) is 0 Å². The summed E-state index contributed by atoms with van der Waals surface area (Å²) in [6, 6.07) is 0. The number of allylic oxidation sites excluding steroid dienone is 2. The van der Waals surface area contributed by atoms with Crippen molar-refractivity contribution in [3.05, 3.63) is 42.0 Å². The smallest absolute Gasteiger partial charge is 0.00693 e. The normalized spacial score (nSPS) is 5.62. The molecule has 0 aliphatic heterocycles. The Morgan fingerprint density at radius 1 is 1.50 bits per heavy atom. The lowest BCUT2D eigenvalue weighted by Crippen LogP contribution is -1.55. The van der Waals surface area contributed by atoms with Crippen molar-refractivity contribution in [2.24, 2.45) is 0 Å². The number of hydrogen-bond acceptors (Lipinski definition) is 0. The molecule has 0 bridgehead atoms. The van der Waals surface area contributed by atoms with Gasteiger partial charge in [-0.1, -0.05) is 18.0 Å². The minimum Gasteiger partial charge on any atom is -0.128 e. The first-order valence-corrected chi connectivity index (χ1v) is 2.28. The van der Waals surface area contributed by atoms with Gasteiger partial charge in [-0.15, -0.1) is 5.73 Å². The first-order valence-electron chi connectivity index (χ1n) is 2.28. The molecule has 0 saturated carbocycles. The van der Waals surface area contributed by atoms with E-state index in [0.29, 0.717) is 0 Å². The standard InChI is InChI=1S/C8H8/c1-4-6-8(3)7-5-2/h6H,1-2H2,3H3. The molecule has 0 spiro atoms. The van der Waals surface area contributed by atoms with Gasteiger partial charge >= 0.3 is 0 Å². The highest BCUT2D eigenvalue weighted by Gasteiger charge is 1.68. The summed E-state index contributed by atoms with van der Waals surface area (Å²) in [6.07, 6.45) is 1.72. The largest absolute Gasteiger partial charge is 0.128 e. The summed E-state index contributed by atoms with van der Waals surface area (Å²) in [5, 5.41) is 0. The Morgan fingerprint density at radius 3 is 2.50 bits per heavy atom. The lowest BCUT2D eigenvalue weighted by atomic mass is 10.3. The molecule has 0 aromatic rings. The highest BCUT2D eigenvalue weighted by atomic mass is 13.7. The van der Waals surface area contributed by atoms with Crippen LogP contribution in [-0.2, 0) is 0 Å². The van der Waals surface area contributed by atoms with Crippen LogP contribution in [0.5, 0.6) is 0 Å². The van der Waals surface area contributed by atoms with E-state index >= 15 is 0 Å². The van der Waals surface area contributed by atoms with Crippen LogP contribution in [0.25, 0.3) is 0 Å². The predicted octanol–water partition coefficient (Wildman–Crippen LogP) is 2.21. The lowest BCUT2D eigenvalue weighted by molar-refractivity contribution is 1.56. The van der Waals surface area contributed by atoms with Gasteiger partial charge in [-0.2, -0.15) is 0 Å². The predicted molar refractivity (Wildman–Crippen MR) is 35.5 cm³/mol. The first kappa shape index (κ1) is 6.82. The van der Waals surface area contributed by atoms with Crippen molar-refractivity contribution in [3.8, 4) is 0 Å². The Hall–Kier alpha value is -1.18. The molecule has 0 radical (unpaired) electrons. The summed E-state index contributed by atoms with van der Waals surface area (Å²) in [5.74, 6) is 0. The van der Waals surface area contributed by atoms with Crippen molar-refractivity contribution >= 4 is 0 Å². The van der Waals surface area contributed by atoms with Crippen molar-refractivity contribution in [2.45, 2.75) is 6.92 Å². The molecule has 0 heterocycles. The van der Waals surface area contributed by atoms with Crippen LogP contribution in [-0.4, -0.2) is 0 Å². The van der Waals surface area contributed by atoms with Gasteiger partial charge in [0, 0.05) is 5.57 Å². The quantitative estimate of drug-likeness (QED) is 0.353. The molecule has 0 N–H and O–H groups in total. The molecule has 0 amide bonds. The van der Waals surface area contributed by atoms with Crippen LogP contribution in [0.2, 0.25) is 0 Å². The molecule has 0 rings (SSSR count). The molecule has 8 heavy (non-hydrogen) atoms. The fourth-order valence-corrected chi connectivity index (χ4v) is 0.329. The molecule has 0 aliphatic rings. The van der Waals surface area contributed by atoms with Crippen LogP contribution in [0.3, 0.4) is 0 Å². The minimum absolute atomic E-state index is 0.940. The molecule has 0 aromatic carbocycles. The molecule has 0 fully saturated rings. The van der Waals surface area contributed by atoms with Crippen molar-refractivity contribution in [3.63, 3.8) is 0 Å². The Balaban J connectivity index is 4.48. The average Bonchev–Trinajstić information content (AvgIpc) is 1.68. The van der Waals surface area contributed by atoms with E-state index in [1.807, 2.05) is 6.92 Å². The summed E-state index contributed by atoms with van der Waals surface area (Å²) in [4.78, 5) is 0. The third-order valence-electron chi connectivity index (χ3n) is 0.604. The van der Waals surface area contributed by atoms with Crippen LogP contribution >= 0.6 is 0 Å². The molecule has 0 aromatic heterocycles. The summed E-state index contributed by atoms with van der Waals surface area (Å²) in [5.41, 5.74) is 8.81. The fraction of sp³-hybridized carbons (Fsp3) is 0.125. The van der Waals surface area contributed by atoms with Crippen LogP contribution in [0.15, 0.2) is 42.0 Å². The van der Waals surface area contributed by atoms with E-state index in [2.05, 4.69) is 30.4 Å². The van der Waals surface area contributed by atoms with Gasteiger partial charge in [0.15, 0.2) is 0 Å². The number of rotatable bonds is 1. The van der Waals surface area contributed by atoms with Crippen molar-refractivity contribution in [1.82, 2.24) is 0 Å². The van der Waals surface area contributed by atoms with E-state index in [-0.39, 0.29) is 0 Å². The Labute approximate surface area is 49.8 Å². The molecular formula is C8H8. The van der Waals surface area contributed by atoms with E-state index in [1.54, 1.807) is 6.08 Å². The second-order valence-corrected chi connectivity index (χ2v) is 1.33. The summed E-state index contributed by atoms with van der Waals surface area (Å²) in [7, 11) is 0. The SMILES string of the molecule is C=C=C=C(C)C=C=C. The van der Waals surface area contributed by atoms with E-state index < -0.39 is 0 Å². The maximum atomic E-state index is 3.39. The van der Waals surface area contributed by atoms with Gasteiger partial charge in [0.25, 0.3) is 0 Å². The molecular weight excluding hydrogens is 96.1 g/mol. The maximum Gasteiger partial charge on any atom is 0.00693 e.